The van der Waals surface area contributed by atoms with Crippen molar-refractivity contribution in [1.29, 1.82) is 0 Å². The van der Waals surface area contributed by atoms with Gasteiger partial charge in [-0.15, -0.1) is 10.2 Å². The van der Waals surface area contributed by atoms with E-state index in [0.717, 1.165) is 12.0 Å². The summed E-state index contributed by atoms with van der Waals surface area (Å²) >= 11 is 0. The highest BCUT2D eigenvalue weighted by Gasteiger charge is 2.33. The third-order valence-electron chi connectivity index (χ3n) is 5.41. The fraction of sp³-hybridized carbons (Fsp3) is 0.579. The van der Waals surface area contributed by atoms with E-state index in [1.165, 1.54) is 32.1 Å². The molecule has 134 valence electrons. The molecule has 1 saturated carbocycles. The molecule has 0 unspecified atom stereocenters. The van der Waals surface area contributed by atoms with Crippen LogP contribution < -0.4 is 0 Å². The zero-order valence-electron chi connectivity index (χ0n) is 14.5. The van der Waals surface area contributed by atoms with Crippen LogP contribution in [-0.4, -0.2) is 31.7 Å². The van der Waals surface area contributed by atoms with E-state index in [9.17, 15) is 9.90 Å². The molecule has 1 aliphatic rings. The Hall–Kier alpha value is -2.24. The molecule has 0 amide bonds. The first kappa shape index (κ1) is 17.6. The summed E-state index contributed by atoms with van der Waals surface area (Å²) in [5, 5.41) is 24.2. The van der Waals surface area contributed by atoms with Gasteiger partial charge in [0.25, 0.3) is 0 Å². The molecular weight excluding hydrogens is 316 g/mol. The molecule has 1 fully saturated rings. The molecule has 1 aliphatic carbocycles. The summed E-state index contributed by atoms with van der Waals surface area (Å²) in [5.74, 6) is -0.346. The van der Waals surface area contributed by atoms with Gasteiger partial charge < -0.3 is 5.11 Å². The molecule has 6 heteroatoms. The SMILES string of the molecule is O=C(O)[C@@H](CCC1CCCCC1)[C@H](Cc1ccccc1)c1nn[nH]n1. The second kappa shape index (κ2) is 8.74. The maximum absolute atomic E-state index is 12.0. The molecule has 0 saturated heterocycles. The monoisotopic (exact) mass is 342 g/mol. The zero-order valence-corrected chi connectivity index (χ0v) is 14.5. The Kier molecular flexibility index (Phi) is 6.14. The number of tetrazole rings is 1. The van der Waals surface area contributed by atoms with Gasteiger partial charge in [0.2, 0.25) is 0 Å². The van der Waals surface area contributed by atoms with E-state index in [1.807, 2.05) is 30.3 Å². The van der Waals surface area contributed by atoms with Gasteiger partial charge in [0, 0.05) is 5.92 Å². The number of benzene rings is 1. The lowest BCUT2D eigenvalue weighted by atomic mass is 9.79. The van der Waals surface area contributed by atoms with Crippen LogP contribution in [0.25, 0.3) is 0 Å². The van der Waals surface area contributed by atoms with Gasteiger partial charge in [-0.2, -0.15) is 5.21 Å². The van der Waals surface area contributed by atoms with E-state index < -0.39 is 11.9 Å². The minimum absolute atomic E-state index is 0.262. The summed E-state index contributed by atoms with van der Waals surface area (Å²) in [4.78, 5) is 12.0. The third-order valence-corrected chi connectivity index (χ3v) is 5.41. The molecule has 1 aromatic carbocycles. The van der Waals surface area contributed by atoms with Gasteiger partial charge in [0.1, 0.15) is 0 Å². The van der Waals surface area contributed by atoms with Crippen LogP contribution in [0.15, 0.2) is 30.3 Å². The number of carboxylic acids is 1. The highest BCUT2D eigenvalue weighted by molar-refractivity contribution is 5.71. The minimum atomic E-state index is -0.762. The molecule has 0 aliphatic heterocycles. The first-order chi connectivity index (χ1) is 12.2. The van der Waals surface area contributed by atoms with E-state index in [-0.39, 0.29) is 5.92 Å². The quantitative estimate of drug-likeness (QED) is 0.765. The van der Waals surface area contributed by atoms with Crippen LogP contribution in [0.5, 0.6) is 0 Å². The minimum Gasteiger partial charge on any atom is -0.481 e. The lowest BCUT2D eigenvalue weighted by molar-refractivity contribution is -0.143. The fourth-order valence-electron chi connectivity index (χ4n) is 4.00. The number of carboxylic acid groups (broad SMARTS) is 1. The Labute approximate surface area is 148 Å². The van der Waals surface area contributed by atoms with Crippen molar-refractivity contribution in [3.05, 3.63) is 41.7 Å². The second-order valence-electron chi connectivity index (χ2n) is 7.09. The van der Waals surface area contributed by atoms with Crippen LogP contribution in [0, 0.1) is 11.8 Å². The molecule has 2 atom stereocenters. The van der Waals surface area contributed by atoms with Gasteiger partial charge in [0.05, 0.1) is 5.92 Å². The zero-order chi connectivity index (χ0) is 17.5. The smallest absolute Gasteiger partial charge is 0.307 e. The van der Waals surface area contributed by atoms with Crippen molar-refractivity contribution in [1.82, 2.24) is 20.6 Å². The Morgan fingerprint density at radius 3 is 2.60 bits per heavy atom. The van der Waals surface area contributed by atoms with E-state index in [1.54, 1.807) is 0 Å². The van der Waals surface area contributed by atoms with Crippen molar-refractivity contribution in [2.45, 2.75) is 57.3 Å². The van der Waals surface area contributed by atoms with Gasteiger partial charge in [-0.05, 0) is 30.7 Å². The lowest BCUT2D eigenvalue weighted by Crippen LogP contribution is -2.26. The number of aromatic nitrogens is 4. The van der Waals surface area contributed by atoms with Gasteiger partial charge in [-0.3, -0.25) is 4.79 Å². The first-order valence-electron chi connectivity index (χ1n) is 9.24. The summed E-state index contributed by atoms with van der Waals surface area (Å²) in [5.41, 5.74) is 1.10. The fourth-order valence-corrected chi connectivity index (χ4v) is 4.00. The van der Waals surface area contributed by atoms with E-state index in [4.69, 9.17) is 0 Å². The van der Waals surface area contributed by atoms with Crippen LogP contribution >= 0.6 is 0 Å². The molecule has 2 N–H and O–H groups in total. The molecule has 2 aromatic rings. The number of nitrogens with one attached hydrogen (secondary N) is 1. The Bertz CT molecular complexity index is 639. The van der Waals surface area contributed by atoms with Gasteiger partial charge in [-0.25, -0.2) is 0 Å². The van der Waals surface area contributed by atoms with Gasteiger partial charge >= 0.3 is 5.97 Å². The maximum atomic E-state index is 12.0. The molecule has 3 rings (SSSR count). The largest absolute Gasteiger partial charge is 0.481 e. The van der Waals surface area contributed by atoms with Crippen LogP contribution in [-0.2, 0) is 11.2 Å². The van der Waals surface area contributed by atoms with Gasteiger partial charge in [0.15, 0.2) is 5.82 Å². The van der Waals surface area contributed by atoms with Crippen LogP contribution in [0.2, 0.25) is 0 Å². The van der Waals surface area contributed by atoms with Crippen molar-refractivity contribution >= 4 is 5.97 Å². The predicted molar refractivity (Wildman–Crippen MR) is 94.0 cm³/mol. The first-order valence-corrected chi connectivity index (χ1v) is 9.24. The van der Waals surface area contributed by atoms with E-state index in [0.29, 0.717) is 24.6 Å². The Morgan fingerprint density at radius 1 is 1.20 bits per heavy atom. The molecule has 1 heterocycles. The molecule has 0 radical (unpaired) electrons. The topological polar surface area (TPSA) is 91.8 Å². The van der Waals surface area contributed by atoms with Gasteiger partial charge in [-0.1, -0.05) is 67.6 Å². The number of aromatic amines is 1. The second-order valence-corrected chi connectivity index (χ2v) is 7.09. The molecule has 0 spiro atoms. The summed E-state index contributed by atoms with van der Waals surface area (Å²) in [7, 11) is 0. The van der Waals surface area contributed by atoms with Crippen LogP contribution in [0.4, 0.5) is 0 Å². The average Bonchev–Trinajstić information content (AvgIpc) is 3.17. The lowest BCUT2D eigenvalue weighted by Gasteiger charge is -2.26. The van der Waals surface area contributed by atoms with Crippen LogP contribution in [0.1, 0.15) is 62.3 Å². The highest BCUT2D eigenvalue weighted by atomic mass is 16.4. The summed E-state index contributed by atoms with van der Waals surface area (Å²) in [6, 6.07) is 9.95. The molecule has 0 bridgehead atoms. The van der Waals surface area contributed by atoms with Crippen molar-refractivity contribution in [2.75, 3.05) is 0 Å². The van der Waals surface area contributed by atoms with Crippen LogP contribution in [0.3, 0.4) is 0 Å². The maximum Gasteiger partial charge on any atom is 0.307 e. The Morgan fingerprint density at radius 2 is 1.96 bits per heavy atom. The van der Waals surface area contributed by atoms with Crippen molar-refractivity contribution in [3.8, 4) is 0 Å². The van der Waals surface area contributed by atoms with Crippen molar-refractivity contribution in [3.63, 3.8) is 0 Å². The molecule has 6 nitrogen and oxygen atoms in total. The summed E-state index contributed by atoms with van der Waals surface area (Å²) < 4.78 is 0. The van der Waals surface area contributed by atoms with E-state index >= 15 is 0 Å². The number of nitrogens with zero attached hydrogens (tertiary/aromatic N) is 3. The van der Waals surface area contributed by atoms with Crippen molar-refractivity contribution in [2.24, 2.45) is 11.8 Å². The number of aliphatic carboxylic acids is 1. The number of H-pyrrole nitrogens is 1. The average molecular weight is 342 g/mol. The normalized spacial score (nSPS) is 17.9. The molecule has 25 heavy (non-hydrogen) atoms. The molecular formula is C19H26N4O2. The summed E-state index contributed by atoms with van der Waals surface area (Å²) in [6.45, 7) is 0. The van der Waals surface area contributed by atoms with Crippen molar-refractivity contribution < 1.29 is 9.90 Å². The summed E-state index contributed by atoms with van der Waals surface area (Å²) in [6.07, 6.45) is 8.60. The number of hydrogen-bond donors (Lipinski definition) is 2. The highest BCUT2D eigenvalue weighted by Crippen LogP contribution is 2.34. The number of hydrogen-bond acceptors (Lipinski definition) is 4. The third kappa shape index (κ3) is 4.87. The molecule has 1 aromatic heterocycles. The standard InChI is InChI=1S/C19H26N4O2/c24-19(25)16(12-11-14-7-3-1-4-8-14)17(18-20-22-23-21-18)13-15-9-5-2-6-10-15/h2,5-6,9-10,14,16-17H,1,3-4,7-8,11-13H2,(H,24,25)(H,20,21,22,23)/t16-,17-/m0/s1. The number of rotatable bonds is 8. The predicted octanol–water partition coefficient (Wildman–Crippen LogP) is 3.59. The Balaban J connectivity index is 1.74. The number of carbonyl (C=O) groups is 1. The van der Waals surface area contributed by atoms with E-state index in [2.05, 4.69) is 20.6 Å².